The van der Waals surface area contributed by atoms with Crippen LogP contribution >= 0.6 is 11.3 Å². The van der Waals surface area contributed by atoms with Crippen molar-refractivity contribution in [2.45, 2.75) is 159 Å². The minimum Gasteiger partial charge on any atom is -0.464 e. The minimum atomic E-state index is -1.01. The summed E-state index contributed by atoms with van der Waals surface area (Å²) in [5.41, 5.74) is 9.32. The highest BCUT2D eigenvalue weighted by Gasteiger charge is 2.66. The number of carbonyl (C=O) groups excluding carboxylic acids is 3. The molecule has 7 aliphatic heterocycles. The van der Waals surface area contributed by atoms with Crippen molar-refractivity contribution in [2.75, 3.05) is 84.3 Å². The maximum absolute atomic E-state index is 15.3. The number of ether oxygens (including phenoxy) is 5. The standard InChI is InChI=1S/C58H79N9O8S/c1-36(71-6)48-43(29-40(33-59-48)64-22-20-63(21-23-64)39-12-13-39)50-44-32-56(2,3)35-74-54(69)45-10-9-19-67(62-45)53(68)49(61-55(70)58-30-38(31-58)57(4,5)75-58)51(65-17-7-8-18-65)52-60-46(34-76-52)37-11-14-47(42(44)28-37)66(50)24-27-73-41-15-25-72-26-16-41/h11,14,28-29,33-34,36,38-39,41,45,49,51,62H,7-10,12-13,15-27,30-32,35H2,1-6H3,(H,61,70)/t36-,38?,45-,49-,51-,58?/m0/s1. The summed E-state index contributed by atoms with van der Waals surface area (Å²) in [6.07, 6.45) is 11.0. The van der Waals surface area contributed by atoms with Gasteiger partial charge in [-0.2, -0.15) is 0 Å². The zero-order valence-corrected chi connectivity index (χ0v) is 46.4. The van der Waals surface area contributed by atoms with E-state index in [1.54, 1.807) is 12.1 Å². The molecule has 1 aromatic carbocycles. The van der Waals surface area contributed by atoms with Crippen molar-refractivity contribution in [3.63, 3.8) is 0 Å². The van der Waals surface area contributed by atoms with Crippen LogP contribution in [0.3, 0.4) is 0 Å². The molecule has 13 rings (SSSR count). The highest BCUT2D eigenvalue weighted by molar-refractivity contribution is 7.10. The van der Waals surface area contributed by atoms with Gasteiger partial charge in [0, 0.05) is 98.5 Å². The van der Waals surface area contributed by atoms with E-state index in [1.807, 2.05) is 6.20 Å². The van der Waals surface area contributed by atoms with Gasteiger partial charge in [0.25, 0.3) is 11.8 Å². The number of hydrogen-bond donors (Lipinski definition) is 2. The van der Waals surface area contributed by atoms with Gasteiger partial charge in [-0.25, -0.2) is 10.4 Å². The molecule has 8 fully saturated rings. The van der Waals surface area contributed by atoms with E-state index in [-0.39, 0.29) is 36.5 Å². The number of esters is 1. The van der Waals surface area contributed by atoms with Crippen LogP contribution in [0.25, 0.3) is 33.4 Å². The molecule has 4 atom stereocenters. The van der Waals surface area contributed by atoms with E-state index < -0.39 is 40.7 Å². The predicted octanol–water partition coefficient (Wildman–Crippen LogP) is 7.21. The van der Waals surface area contributed by atoms with Crippen LogP contribution in [-0.4, -0.2) is 162 Å². The van der Waals surface area contributed by atoms with Crippen molar-refractivity contribution in [3.8, 4) is 22.5 Å². The molecule has 17 nitrogen and oxygen atoms in total. The van der Waals surface area contributed by atoms with Crippen LogP contribution in [0.2, 0.25) is 0 Å². The smallest absolute Gasteiger partial charge is 0.324 e. The van der Waals surface area contributed by atoms with E-state index in [1.165, 1.54) is 24.2 Å². The largest absolute Gasteiger partial charge is 0.464 e. The highest BCUT2D eigenvalue weighted by atomic mass is 32.1. The number of nitrogens with one attached hydrogen (secondary N) is 2. The second-order valence-corrected chi connectivity index (χ2v) is 25.3. The molecule has 0 spiro atoms. The number of hydrazine groups is 1. The summed E-state index contributed by atoms with van der Waals surface area (Å²) in [6.45, 7) is 19.0. The first-order valence-electron chi connectivity index (χ1n) is 28.5. The summed E-state index contributed by atoms with van der Waals surface area (Å²) in [6, 6.07) is 7.43. The quantitative estimate of drug-likeness (QED) is 0.137. The number of nitrogens with zero attached hydrogens (tertiary/aromatic N) is 7. The molecule has 410 valence electrons. The molecular weight excluding hydrogens is 983 g/mol. The van der Waals surface area contributed by atoms with Crippen molar-refractivity contribution in [3.05, 3.63) is 52.1 Å². The number of carbonyl (C=O) groups is 3. The molecule has 3 aromatic heterocycles. The van der Waals surface area contributed by atoms with Crippen LogP contribution in [0.4, 0.5) is 5.69 Å². The SMILES string of the molecule is CO[C@@H](C)c1ncc(N2CCN(C3CC3)CC2)cc1-c1c2c3cc(ccc3n1CCOC1CCOCC1)-c1csc(n1)[C@@H](N1CCCC1)[C@H](NC(=O)C13CC(C1)C(C)(C)O3)C(=O)N1CCC[C@H](N1)C(=O)OCC(C)(C)C2. The first-order valence-corrected chi connectivity index (χ1v) is 29.4. The maximum Gasteiger partial charge on any atom is 0.324 e. The van der Waals surface area contributed by atoms with Gasteiger partial charge >= 0.3 is 5.97 Å². The van der Waals surface area contributed by atoms with Crippen molar-refractivity contribution in [1.29, 1.82) is 0 Å². The minimum absolute atomic E-state index is 0.128. The lowest BCUT2D eigenvalue weighted by Gasteiger charge is -2.41. The first-order chi connectivity index (χ1) is 36.7. The Morgan fingerprint density at radius 3 is 2.45 bits per heavy atom. The molecule has 0 radical (unpaired) electrons. The number of aromatic nitrogens is 3. The lowest BCUT2D eigenvalue weighted by atomic mass is 9.69. The zero-order chi connectivity index (χ0) is 52.5. The number of fused-ring (bicyclic) bond motifs is 7. The lowest BCUT2D eigenvalue weighted by Crippen LogP contribution is -2.64. The molecule has 2 amide bonds. The summed E-state index contributed by atoms with van der Waals surface area (Å²) in [4.78, 5) is 62.6. The number of methoxy groups -OCH3 is 1. The lowest BCUT2D eigenvalue weighted by molar-refractivity contribution is -0.158. The summed E-state index contributed by atoms with van der Waals surface area (Å²) in [5.74, 6) is -0.684. The maximum atomic E-state index is 15.3. The number of anilines is 1. The van der Waals surface area contributed by atoms with Crippen molar-refractivity contribution in [2.24, 2.45) is 11.3 Å². The van der Waals surface area contributed by atoms with Crippen LogP contribution < -0.4 is 15.6 Å². The molecule has 2 aliphatic carbocycles. The number of likely N-dealkylation sites (tertiary alicyclic amines) is 1. The third-order valence-electron chi connectivity index (χ3n) is 18.1. The number of hydrogen-bond acceptors (Lipinski definition) is 15. The second kappa shape index (κ2) is 20.9. The Morgan fingerprint density at radius 2 is 1.72 bits per heavy atom. The third kappa shape index (κ3) is 10.1. The molecule has 4 aromatic rings. The second-order valence-electron chi connectivity index (χ2n) is 24.4. The van der Waals surface area contributed by atoms with Gasteiger partial charge < -0.3 is 38.5 Å². The number of rotatable bonds is 12. The first kappa shape index (κ1) is 52.2. The Balaban J connectivity index is 0.997. The van der Waals surface area contributed by atoms with Gasteiger partial charge in [-0.05, 0) is 134 Å². The van der Waals surface area contributed by atoms with Gasteiger partial charge in [-0.1, -0.05) is 19.9 Å². The Kier molecular flexibility index (Phi) is 14.4. The van der Waals surface area contributed by atoms with Crippen molar-refractivity contribution in [1.82, 2.24) is 40.1 Å². The normalized spacial score (nSPS) is 28.8. The van der Waals surface area contributed by atoms with Gasteiger partial charge in [0.05, 0.1) is 66.0 Å². The number of amides is 2. The van der Waals surface area contributed by atoms with E-state index in [0.29, 0.717) is 65.0 Å². The van der Waals surface area contributed by atoms with E-state index >= 15 is 4.79 Å². The van der Waals surface area contributed by atoms with E-state index in [2.05, 4.69) is 94.3 Å². The van der Waals surface area contributed by atoms with Crippen LogP contribution in [0.5, 0.6) is 0 Å². The van der Waals surface area contributed by atoms with Gasteiger partial charge in [0.2, 0.25) is 0 Å². The van der Waals surface area contributed by atoms with Gasteiger partial charge in [-0.3, -0.25) is 34.2 Å². The molecule has 76 heavy (non-hydrogen) atoms. The van der Waals surface area contributed by atoms with Crippen LogP contribution in [0, 0.1) is 11.3 Å². The van der Waals surface area contributed by atoms with Gasteiger partial charge in [0.15, 0.2) is 0 Å². The Labute approximate surface area is 451 Å². The third-order valence-corrected chi connectivity index (χ3v) is 19.0. The monoisotopic (exact) mass is 1060 g/mol. The van der Waals surface area contributed by atoms with Gasteiger partial charge in [0.1, 0.15) is 22.7 Å². The molecule has 8 bridgehead atoms. The number of thiazole rings is 1. The average Bonchev–Trinajstić information content (AvgIpc) is 3.90. The molecule has 0 unspecified atom stereocenters. The van der Waals surface area contributed by atoms with Crippen LogP contribution in [-0.2, 0) is 51.0 Å². The van der Waals surface area contributed by atoms with Crippen molar-refractivity contribution < 1.29 is 38.1 Å². The molecule has 6 saturated heterocycles. The molecule has 2 N–H and O–H groups in total. The fourth-order valence-corrected chi connectivity index (χ4v) is 14.4. The van der Waals surface area contributed by atoms with E-state index in [0.717, 1.165) is 126 Å². The summed E-state index contributed by atoms with van der Waals surface area (Å²) in [7, 11) is 1.75. The number of benzene rings is 1. The summed E-state index contributed by atoms with van der Waals surface area (Å²) >= 11 is 1.53. The fourth-order valence-electron chi connectivity index (χ4n) is 13.4. The Bertz CT molecular complexity index is 2800. The van der Waals surface area contributed by atoms with Crippen LogP contribution in [0.1, 0.15) is 127 Å². The van der Waals surface area contributed by atoms with Crippen LogP contribution in [0.15, 0.2) is 35.8 Å². The topological polar surface area (TPSA) is 165 Å². The van der Waals surface area contributed by atoms with E-state index in [9.17, 15) is 9.59 Å². The molecule has 10 heterocycles. The number of cyclic esters (lactones) is 1. The number of piperazine rings is 1. The van der Waals surface area contributed by atoms with Crippen molar-refractivity contribution >= 4 is 45.7 Å². The Hall–Kier alpha value is -4.53. The predicted molar refractivity (Wildman–Crippen MR) is 291 cm³/mol. The molecule has 9 aliphatic rings. The zero-order valence-electron chi connectivity index (χ0n) is 45.6. The average molecular weight is 1060 g/mol. The summed E-state index contributed by atoms with van der Waals surface area (Å²) in [5, 5.41) is 8.80. The Morgan fingerprint density at radius 1 is 0.947 bits per heavy atom. The molecular formula is C58H79N9O8S. The van der Waals surface area contributed by atoms with E-state index in [4.69, 9.17) is 33.7 Å². The highest BCUT2D eigenvalue weighted by Crippen LogP contribution is 2.58. The molecule has 2 saturated carbocycles. The summed E-state index contributed by atoms with van der Waals surface area (Å²) < 4.78 is 33.8. The number of pyridine rings is 1. The van der Waals surface area contributed by atoms with Gasteiger partial charge in [-0.15, -0.1) is 11.3 Å². The fraction of sp³-hybridized carbons (Fsp3) is 0.672. The molecule has 18 heteroatoms.